The van der Waals surface area contributed by atoms with Crippen molar-refractivity contribution in [3.05, 3.63) is 23.8 Å². The summed E-state index contributed by atoms with van der Waals surface area (Å²) in [4.78, 5) is 21.5. The molecule has 9 heteroatoms. The quantitative estimate of drug-likeness (QED) is 0.344. The second-order valence-electron chi connectivity index (χ2n) is 7.16. The minimum atomic E-state index is -0.244. The maximum atomic E-state index is 12.5. The summed E-state index contributed by atoms with van der Waals surface area (Å²) in [7, 11) is 3.29. The number of halogens is 1. The molecule has 1 N–H and O–H groups in total. The Bertz CT molecular complexity index is 717. The van der Waals surface area contributed by atoms with Gasteiger partial charge in [-0.15, -0.1) is 24.0 Å². The molecule has 0 radical (unpaired) electrons. The predicted octanol–water partition coefficient (Wildman–Crippen LogP) is 2.11. The van der Waals surface area contributed by atoms with Crippen LogP contribution in [0, 0.1) is 0 Å². The fourth-order valence-electron chi connectivity index (χ4n) is 3.68. The van der Waals surface area contributed by atoms with Gasteiger partial charge < -0.3 is 29.3 Å². The molecule has 8 nitrogen and oxygen atoms in total. The normalized spacial score (nSPS) is 19.3. The van der Waals surface area contributed by atoms with Crippen LogP contribution >= 0.6 is 24.0 Å². The smallest absolute Gasteiger partial charge is 0.251 e. The number of aliphatic imine (C=N–C) groups is 1. The van der Waals surface area contributed by atoms with Crippen molar-refractivity contribution in [1.82, 2.24) is 15.1 Å². The largest absolute Gasteiger partial charge is 0.497 e. The third kappa shape index (κ3) is 6.13. The van der Waals surface area contributed by atoms with Crippen LogP contribution in [0.15, 0.2) is 23.2 Å². The molecule has 0 aliphatic carbocycles. The summed E-state index contributed by atoms with van der Waals surface area (Å²) in [5.74, 6) is 2.51. The van der Waals surface area contributed by atoms with Gasteiger partial charge in [0.15, 0.2) is 5.96 Å². The Morgan fingerprint density at radius 2 is 1.93 bits per heavy atom. The van der Waals surface area contributed by atoms with Gasteiger partial charge >= 0.3 is 0 Å². The molecule has 2 fully saturated rings. The second-order valence-corrected chi connectivity index (χ2v) is 7.16. The lowest BCUT2D eigenvalue weighted by molar-refractivity contribution is -0.142. The molecular weight excluding hydrogens is 499 g/mol. The van der Waals surface area contributed by atoms with E-state index in [0.717, 1.165) is 55.5 Å². The summed E-state index contributed by atoms with van der Waals surface area (Å²) >= 11 is 0. The SMILES string of the molecule is CCNC(=NCc1ccc(OC)cc1OC)N1CCN(C(=O)C2CCCO2)CC1.I. The number of hydrogen-bond acceptors (Lipinski definition) is 5. The van der Waals surface area contributed by atoms with Crippen LogP contribution in [-0.2, 0) is 16.1 Å². The molecule has 0 bridgehead atoms. The van der Waals surface area contributed by atoms with Crippen molar-refractivity contribution >= 4 is 35.8 Å². The highest BCUT2D eigenvalue weighted by Gasteiger charge is 2.30. The lowest BCUT2D eigenvalue weighted by Gasteiger charge is -2.37. The van der Waals surface area contributed by atoms with Crippen LogP contribution in [0.4, 0.5) is 0 Å². The first kappa shape index (κ1) is 24.5. The first-order valence-electron chi connectivity index (χ1n) is 10.3. The predicted molar refractivity (Wildman–Crippen MR) is 127 cm³/mol. The minimum Gasteiger partial charge on any atom is -0.497 e. The summed E-state index contributed by atoms with van der Waals surface area (Å²) in [6, 6.07) is 5.76. The van der Waals surface area contributed by atoms with E-state index in [1.165, 1.54) is 0 Å². The molecule has 1 unspecified atom stereocenters. The van der Waals surface area contributed by atoms with E-state index in [1.807, 2.05) is 23.1 Å². The van der Waals surface area contributed by atoms with Crippen LogP contribution in [0.5, 0.6) is 11.5 Å². The topological polar surface area (TPSA) is 75.6 Å². The average Bonchev–Trinajstić information content (AvgIpc) is 3.31. The van der Waals surface area contributed by atoms with Crippen molar-refractivity contribution in [3.8, 4) is 11.5 Å². The fraction of sp³-hybridized carbons (Fsp3) is 0.619. The Balaban J connectivity index is 0.00000320. The Labute approximate surface area is 196 Å². The van der Waals surface area contributed by atoms with Gasteiger partial charge in [-0.1, -0.05) is 0 Å². The Morgan fingerprint density at radius 3 is 2.53 bits per heavy atom. The van der Waals surface area contributed by atoms with Gasteiger partial charge in [-0.3, -0.25) is 4.79 Å². The van der Waals surface area contributed by atoms with Crippen molar-refractivity contribution in [3.63, 3.8) is 0 Å². The molecule has 0 spiro atoms. The zero-order valence-corrected chi connectivity index (χ0v) is 20.4. The van der Waals surface area contributed by atoms with Crippen LogP contribution in [0.2, 0.25) is 0 Å². The monoisotopic (exact) mass is 532 g/mol. The number of methoxy groups -OCH3 is 2. The molecule has 2 saturated heterocycles. The van der Waals surface area contributed by atoms with E-state index in [-0.39, 0.29) is 36.0 Å². The van der Waals surface area contributed by atoms with E-state index < -0.39 is 0 Å². The number of amides is 1. The van der Waals surface area contributed by atoms with Gasteiger partial charge in [-0.25, -0.2) is 4.99 Å². The summed E-state index contributed by atoms with van der Waals surface area (Å²) < 4.78 is 16.3. The van der Waals surface area contributed by atoms with Gasteiger partial charge in [0.05, 0.1) is 20.8 Å². The fourth-order valence-corrected chi connectivity index (χ4v) is 3.68. The zero-order valence-electron chi connectivity index (χ0n) is 18.1. The van der Waals surface area contributed by atoms with E-state index in [0.29, 0.717) is 26.2 Å². The number of carbonyl (C=O) groups excluding carboxylic acids is 1. The molecule has 0 saturated carbocycles. The van der Waals surface area contributed by atoms with Crippen LogP contribution in [0.1, 0.15) is 25.3 Å². The highest BCUT2D eigenvalue weighted by atomic mass is 127. The Kier molecular flexibility index (Phi) is 9.96. The van der Waals surface area contributed by atoms with Crippen LogP contribution in [0.3, 0.4) is 0 Å². The van der Waals surface area contributed by atoms with E-state index >= 15 is 0 Å². The number of hydrogen-bond donors (Lipinski definition) is 1. The molecule has 2 aliphatic rings. The second kappa shape index (κ2) is 12.2. The number of nitrogens with one attached hydrogen (secondary N) is 1. The number of rotatable bonds is 6. The first-order valence-corrected chi connectivity index (χ1v) is 10.3. The highest BCUT2D eigenvalue weighted by molar-refractivity contribution is 14.0. The molecule has 1 atom stereocenters. The maximum Gasteiger partial charge on any atom is 0.251 e. The standard InChI is InChI=1S/C21H32N4O4.HI/c1-4-22-21(23-15-16-7-8-17(27-2)14-19(16)28-3)25-11-9-24(10-12-25)20(26)18-6-5-13-29-18;/h7-8,14,18H,4-6,9-13,15H2,1-3H3,(H,22,23);1H. The van der Waals surface area contributed by atoms with E-state index in [2.05, 4.69) is 17.1 Å². The molecule has 30 heavy (non-hydrogen) atoms. The minimum absolute atomic E-state index is 0. The molecule has 1 aromatic carbocycles. The average molecular weight is 532 g/mol. The highest BCUT2D eigenvalue weighted by Crippen LogP contribution is 2.25. The number of ether oxygens (including phenoxy) is 3. The number of benzene rings is 1. The molecule has 168 valence electrons. The van der Waals surface area contributed by atoms with Crippen molar-refractivity contribution in [2.75, 3.05) is 53.6 Å². The van der Waals surface area contributed by atoms with Gasteiger partial charge in [0.2, 0.25) is 0 Å². The lowest BCUT2D eigenvalue weighted by Crippen LogP contribution is -2.55. The number of nitrogens with zero attached hydrogens (tertiary/aromatic N) is 3. The molecular formula is C21H33IN4O4. The molecule has 3 rings (SSSR count). The van der Waals surface area contributed by atoms with Crippen LogP contribution in [0.25, 0.3) is 0 Å². The van der Waals surface area contributed by atoms with E-state index in [9.17, 15) is 4.79 Å². The van der Waals surface area contributed by atoms with Crippen molar-refractivity contribution in [2.45, 2.75) is 32.4 Å². The molecule has 2 aliphatic heterocycles. The van der Waals surface area contributed by atoms with Gasteiger partial charge in [-0.2, -0.15) is 0 Å². The van der Waals surface area contributed by atoms with Gasteiger partial charge in [-0.05, 0) is 31.9 Å². The molecule has 2 heterocycles. The lowest BCUT2D eigenvalue weighted by atomic mass is 10.2. The maximum absolute atomic E-state index is 12.5. The molecule has 1 aromatic rings. The summed E-state index contributed by atoms with van der Waals surface area (Å²) in [6.07, 6.45) is 1.57. The van der Waals surface area contributed by atoms with E-state index in [1.54, 1.807) is 14.2 Å². The third-order valence-corrected chi connectivity index (χ3v) is 5.32. The van der Waals surface area contributed by atoms with Crippen molar-refractivity contribution < 1.29 is 19.0 Å². The Hall–Kier alpha value is -1.75. The van der Waals surface area contributed by atoms with Gasteiger partial charge in [0, 0.05) is 51.0 Å². The number of piperazine rings is 1. The van der Waals surface area contributed by atoms with Gasteiger partial charge in [0.25, 0.3) is 5.91 Å². The van der Waals surface area contributed by atoms with Crippen LogP contribution in [-0.4, -0.2) is 81.3 Å². The number of guanidine groups is 1. The summed E-state index contributed by atoms with van der Waals surface area (Å²) in [5, 5.41) is 3.36. The summed E-state index contributed by atoms with van der Waals surface area (Å²) in [5.41, 5.74) is 0.996. The third-order valence-electron chi connectivity index (χ3n) is 5.32. The van der Waals surface area contributed by atoms with Crippen LogP contribution < -0.4 is 14.8 Å². The van der Waals surface area contributed by atoms with Crippen molar-refractivity contribution in [2.24, 2.45) is 4.99 Å². The Morgan fingerprint density at radius 1 is 1.20 bits per heavy atom. The summed E-state index contributed by atoms with van der Waals surface area (Å²) in [6.45, 7) is 6.93. The zero-order chi connectivity index (χ0) is 20.6. The van der Waals surface area contributed by atoms with E-state index in [4.69, 9.17) is 19.2 Å². The van der Waals surface area contributed by atoms with Gasteiger partial charge in [0.1, 0.15) is 17.6 Å². The number of carbonyl (C=O) groups is 1. The molecule has 1 amide bonds. The molecule has 0 aromatic heterocycles. The first-order chi connectivity index (χ1) is 14.2. The van der Waals surface area contributed by atoms with Crippen molar-refractivity contribution in [1.29, 1.82) is 0 Å².